The average Bonchev–Trinajstić information content (AvgIpc) is 2.55. The normalized spacial score (nSPS) is 16.4. The van der Waals surface area contributed by atoms with Crippen LogP contribution in [0, 0.1) is 14.7 Å². The second kappa shape index (κ2) is 14.2. The number of hydrogen-bond donors (Lipinski definition) is 2. The zero-order chi connectivity index (χ0) is 18.4. The van der Waals surface area contributed by atoms with Crippen LogP contribution in [-0.2, 0) is 4.74 Å². The molecule has 10 nitrogen and oxygen atoms in total. The van der Waals surface area contributed by atoms with Crippen molar-refractivity contribution >= 4 is 9.20 Å². The van der Waals surface area contributed by atoms with E-state index < -0.39 is 27.3 Å². The minimum Gasteiger partial charge on any atom is -0.422 e. The van der Waals surface area contributed by atoms with E-state index in [1.54, 1.807) is 25.3 Å². The molecule has 0 fully saturated rings. The Hall–Kier alpha value is -1.14. The van der Waals surface area contributed by atoms with Gasteiger partial charge in [0.1, 0.15) is 18.1 Å². The zero-order valence-corrected chi connectivity index (χ0v) is 15.8. The highest BCUT2D eigenvalue weighted by Gasteiger charge is 2.20. The maximum atomic E-state index is 11.0. The predicted octanol–water partition coefficient (Wildman–Crippen LogP) is 0.572. The quantitative estimate of drug-likeness (QED) is 0.233. The van der Waals surface area contributed by atoms with Gasteiger partial charge in [0, 0.05) is 26.2 Å². The standard InChI is InChI=1S/C13H29N5O5Si/c1-11(15-19)7-18(8-12(2)16-20)9-13(17-21)10-23-6-4-5-14-24(3)22/h11-14,22,24H,4-10H2,1-3H3. The lowest BCUT2D eigenvalue weighted by Crippen LogP contribution is -2.41. The summed E-state index contributed by atoms with van der Waals surface area (Å²) in [6.45, 7) is 7.33. The van der Waals surface area contributed by atoms with E-state index in [-0.39, 0.29) is 13.2 Å². The van der Waals surface area contributed by atoms with Gasteiger partial charge in [-0.1, -0.05) is 15.5 Å². The van der Waals surface area contributed by atoms with Gasteiger partial charge in [-0.05, 0) is 33.4 Å². The molecule has 4 unspecified atom stereocenters. The molecule has 0 aromatic heterocycles. The first kappa shape index (κ1) is 22.9. The second-order valence-corrected chi connectivity index (χ2v) is 7.71. The van der Waals surface area contributed by atoms with E-state index in [0.717, 1.165) is 6.42 Å². The SMILES string of the molecule is CC(CN(CC(C)N=O)CC(COCCCN[SiH](C)O)N=O)N=O. The van der Waals surface area contributed by atoms with Gasteiger partial charge < -0.3 is 14.5 Å². The third kappa shape index (κ3) is 12.3. The van der Waals surface area contributed by atoms with Crippen molar-refractivity contribution in [2.75, 3.05) is 39.4 Å². The Morgan fingerprint density at radius 2 is 1.67 bits per heavy atom. The smallest absolute Gasteiger partial charge is 0.245 e. The van der Waals surface area contributed by atoms with E-state index in [1.165, 1.54) is 0 Å². The van der Waals surface area contributed by atoms with Crippen LogP contribution in [-0.4, -0.2) is 76.4 Å². The van der Waals surface area contributed by atoms with Gasteiger partial charge >= 0.3 is 0 Å². The van der Waals surface area contributed by atoms with Crippen LogP contribution < -0.4 is 4.98 Å². The molecule has 0 aromatic rings. The molecule has 0 heterocycles. The lowest BCUT2D eigenvalue weighted by molar-refractivity contribution is 0.104. The van der Waals surface area contributed by atoms with Crippen molar-refractivity contribution in [3.05, 3.63) is 14.7 Å². The Morgan fingerprint density at radius 3 is 2.12 bits per heavy atom. The largest absolute Gasteiger partial charge is 0.422 e. The van der Waals surface area contributed by atoms with Crippen molar-refractivity contribution in [2.45, 2.75) is 44.9 Å². The summed E-state index contributed by atoms with van der Waals surface area (Å²) in [6.07, 6.45) is 0.728. The van der Waals surface area contributed by atoms with Crippen molar-refractivity contribution in [2.24, 2.45) is 15.5 Å². The molecule has 0 radical (unpaired) electrons. The van der Waals surface area contributed by atoms with Crippen LogP contribution >= 0.6 is 0 Å². The van der Waals surface area contributed by atoms with Crippen LogP contribution in [0.1, 0.15) is 20.3 Å². The molecule has 0 saturated carbocycles. The van der Waals surface area contributed by atoms with Crippen LogP contribution in [0.2, 0.25) is 6.55 Å². The first-order chi connectivity index (χ1) is 11.4. The molecule has 0 amide bonds. The summed E-state index contributed by atoms with van der Waals surface area (Å²) in [7, 11) is -1.75. The molecule has 11 heteroatoms. The minimum absolute atomic E-state index is 0.165. The monoisotopic (exact) mass is 363 g/mol. The topological polar surface area (TPSA) is 133 Å². The number of nitrogens with one attached hydrogen (secondary N) is 1. The summed E-state index contributed by atoms with van der Waals surface area (Å²) in [6, 6.07) is -1.50. The van der Waals surface area contributed by atoms with Gasteiger partial charge in [-0.15, -0.1) is 0 Å². The summed E-state index contributed by atoms with van der Waals surface area (Å²) in [5.41, 5.74) is 0. The highest BCUT2D eigenvalue weighted by atomic mass is 28.3. The summed E-state index contributed by atoms with van der Waals surface area (Å²) in [5.74, 6) is 0. The zero-order valence-electron chi connectivity index (χ0n) is 14.6. The minimum atomic E-state index is -1.75. The van der Waals surface area contributed by atoms with E-state index >= 15 is 0 Å². The van der Waals surface area contributed by atoms with E-state index in [0.29, 0.717) is 26.2 Å². The molecule has 0 spiro atoms. The van der Waals surface area contributed by atoms with Gasteiger partial charge in [-0.2, -0.15) is 14.7 Å². The third-order valence-electron chi connectivity index (χ3n) is 3.24. The molecule has 0 bridgehead atoms. The van der Waals surface area contributed by atoms with Gasteiger partial charge in [0.25, 0.3) is 0 Å². The Kier molecular flexibility index (Phi) is 13.5. The molecule has 0 aliphatic rings. The molecule has 0 rings (SSSR count). The van der Waals surface area contributed by atoms with Crippen LogP contribution in [0.5, 0.6) is 0 Å². The number of hydrogen-bond acceptors (Lipinski definition) is 10. The van der Waals surface area contributed by atoms with Crippen molar-refractivity contribution in [3.8, 4) is 0 Å². The number of ether oxygens (including phenoxy) is 1. The van der Waals surface area contributed by atoms with E-state index in [4.69, 9.17) is 4.74 Å². The predicted molar refractivity (Wildman–Crippen MR) is 95.2 cm³/mol. The molecule has 0 aromatic carbocycles. The first-order valence-corrected chi connectivity index (χ1v) is 10.4. The fourth-order valence-corrected chi connectivity index (χ4v) is 2.78. The summed E-state index contributed by atoms with van der Waals surface area (Å²) in [5, 5.41) is 8.94. The fourth-order valence-electron chi connectivity index (χ4n) is 2.16. The molecule has 0 aliphatic carbocycles. The number of nitroso groups, excluding NO2 is 3. The molecule has 4 atom stereocenters. The van der Waals surface area contributed by atoms with Crippen molar-refractivity contribution < 1.29 is 9.53 Å². The van der Waals surface area contributed by atoms with Crippen LogP contribution in [0.4, 0.5) is 0 Å². The molecule has 2 N–H and O–H groups in total. The maximum absolute atomic E-state index is 11.0. The molecule has 0 aliphatic heterocycles. The average molecular weight is 363 g/mol. The van der Waals surface area contributed by atoms with Crippen LogP contribution in [0.3, 0.4) is 0 Å². The van der Waals surface area contributed by atoms with Crippen LogP contribution in [0.25, 0.3) is 0 Å². The molecule has 140 valence electrons. The summed E-state index contributed by atoms with van der Waals surface area (Å²) < 4.78 is 5.44. The number of rotatable bonds is 16. The van der Waals surface area contributed by atoms with E-state index in [2.05, 4.69) is 20.5 Å². The van der Waals surface area contributed by atoms with Gasteiger partial charge in [0.2, 0.25) is 9.20 Å². The van der Waals surface area contributed by atoms with Crippen molar-refractivity contribution in [3.63, 3.8) is 0 Å². The summed E-state index contributed by atoms with van der Waals surface area (Å²) >= 11 is 0. The first-order valence-electron chi connectivity index (χ1n) is 8.11. The van der Waals surface area contributed by atoms with E-state index in [9.17, 15) is 19.5 Å². The van der Waals surface area contributed by atoms with Crippen LogP contribution in [0.15, 0.2) is 15.5 Å². The lowest BCUT2D eigenvalue weighted by atomic mass is 10.2. The molecule has 24 heavy (non-hydrogen) atoms. The fraction of sp³-hybridized carbons (Fsp3) is 1.00. The van der Waals surface area contributed by atoms with Gasteiger partial charge in [0.05, 0.1) is 6.61 Å². The lowest BCUT2D eigenvalue weighted by Gasteiger charge is -2.26. The summed E-state index contributed by atoms with van der Waals surface area (Å²) in [4.78, 5) is 46.1. The Labute approximate surface area is 144 Å². The molecular formula is C13H29N5O5Si. The van der Waals surface area contributed by atoms with Gasteiger partial charge in [-0.25, -0.2) is 0 Å². The molecular weight excluding hydrogens is 334 g/mol. The van der Waals surface area contributed by atoms with E-state index in [1.807, 2.05) is 0 Å². The second-order valence-electron chi connectivity index (χ2n) is 5.95. The molecule has 0 saturated heterocycles. The van der Waals surface area contributed by atoms with Crippen molar-refractivity contribution in [1.29, 1.82) is 0 Å². The van der Waals surface area contributed by atoms with Gasteiger partial charge in [0.15, 0.2) is 0 Å². The highest BCUT2D eigenvalue weighted by Crippen LogP contribution is 2.05. The Morgan fingerprint density at radius 1 is 1.08 bits per heavy atom. The maximum Gasteiger partial charge on any atom is 0.245 e. The van der Waals surface area contributed by atoms with Crippen molar-refractivity contribution in [1.82, 2.24) is 9.88 Å². The highest BCUT2D eigenvalue weighted by molar-refractivity contribution is 6.45. The third-order valence-corrected chi connectivity index (χ3v) is 4.12. The Bertz CT molecular complexity index is 348. The Balaban J connectivity index is 4.25. The van der Waals surface area contributed by atoms with Gasteiger partial charge in [-0.3, -0.25) is 4.90 Å². The number of nitrogens with zero attached hydrogens (tertiary/aromatic N) is 4.